The molecule has 0 spiro atoms. The van der Waals surface area contributed by atoms with Crippen LogP contribution in [0, 0.1) is 0 Å². The first kappa shape index (κ1) is 6.91. The summed E-state index contributed by atoms with van der Waals surface area (Å²) in [7, 11) is 0. The third kappa shape index (κ3) is 0.976. The first-order valence-corrected chi connectivity index (χ1v) is 4.00. The van der Waals surface area contributed by atoms with E-state index in [4.69, 9.17) is 10.5 Å². The third-order valence-corrected chi connectivity index (χ3v) is 2.40. The molecule has 2 N–H and O–H groups in total. The van der Waals surface area contributed by atoms with Gasteiger partial charge in [-0.25, -0.2) is 4.79 Å². The predicted octanol–water partition coefficient (Wildman–Crippen LogP) is 0.276. The van der Waals surface area contributed by atoms with Crippen LogP contribution in [-0.2, 0) is 4.74 Å². The molecule has 0 aromatic heterocycles. The molecule has 4 heteroatoms. The van der Waals surface area contributed by atoms with Crippen molar-refractivity contribution in [2.45, 2.75) is 31.5 Å². The molecular formula is C7H12N2O2. The monoisotopic (exact) mass is 156 g/mol. The first-order valence-electron chi connectivity index (χ1n) is 4.00. The number of ether oxygens (including phenoxy) is 1. The number of nitrogens with zero attached hydrogens (tertiary/aromatic N) is 1. The van der Waals surface area contributed by atoms with E-state index in [0.29, 0.717) is 6.61 Å². The molecule has 2 atom stereocenters. The van der Waals surface area contributed by atoms with E-state index in [9.17, 15) is 4.79 Å². The minimum Gasteiger partial charge on any atom is -0.447 e. The molecule has 0 aliphatic carbocycles. The Hall–Kier alpha value is -0.770. The van der Waals surface area contributed by atoms with E-state index in [0.717, 1.165) is 19.3 Å². The number of cyclic esters (lactones) is 1. The second-order valence-corrected chi connectivity index (χ2v) is 3.14. The Labute approximate surface area is 65.3 Å². The molecule has 62 valence electrons. The van der Waals surface area contributed by atoms with Crippen LogP contribution in [0.2, 0.25) is 0 Å². The molecule has 0 aromatic rings. The van der Waals surface area contributed by atoms with Crippen LogP contribution < -0.4 is 5.73 Å². The van der Waals surface area contributed by atoms with Crippen molar-refractivity contribution in [3.8, 4) is 0 Å². The van der Waals surface area contributed by atoms with Gasteiger partial charge in [0.15, 0.2) is 0 Å². The fraction of sp³-hybridized carbons (Fsp3) is 0.857. The Bertz CT molecular complexity index is 183. The van der Waals surface area contributed by atoms with Gasteiger partial charge in [0.05, 0.1) is 12.2 Å². The van der Waals surface area contributed by atoms with E-state index in [1.54, 1.807) is 4.90 Å². The molecular weight excluding hydrogens is 144 g/mol. The van der Waals surface area contributed by atoms with Crippen molar-refractivity contribution in [3.63, 3.8) is 0 Å². The molecule has 1 amide bonds. The Morgan fingerprint density at radius 1 is 1.55 bits per heavy atom. The van der Waals surface area contributed by atoms with Gasteiger partial charge in [0.25, 0.3) is 0 Å². The lowest BCUT2D eigenvalue weighted by Crippen LogP contribution is -2.50. The summed E-state index contributed by atoms with van der Waals surface area (Å²) in [5, 5.41) is 0. The van der Waals surface area contributed by atoms with E-state index in [1.807, 2.05) is 0 Å². The Morgan fingerprint density at radius 3 is 3.09 bits per heavy atom. The highest BCUT2D eigenvalue weighted by molar-refractivity contribution is 5.70. The molecule has 0 saturated carbocycles. The summed E-state index contributed by atoms with van der Waals surface area (Å²) in [5.74, 6) is 0. The fourth-order valence-corrected chi connectivity index (χ4v) is 1.80. The summed E-state index contributed by atoms with van der Waals surface area (Å²) < 4.78 is 4.88. The largest absolute Gasteiger partial charge is 0.447 e. The van der Waals surface area contributed by atoms with Crippen LogP contribution in [0.1, 0.15) is 19.3 Å². The molecule has 2 heterocycles. The molecule has 0 aromatic carbocycles. The smallest absolute Gasteiger partial charge is 0.411 e. The lowest BCUT2D eigenvalue weighted by molar-refractivity contribution is 0.130. The predicted molar refractivity (Wildman–Crippen MR) is 38.8 cm³/mol. The Morgan fingerprint density at radius 2 is 2.36 bits per heavy atom. The number of fused-ring (bicyclic) bond motifs is 1. The SMILES string of the molecule is N[C@@H]1CCC[C@H]2COC(=O)N21. The second-order valence-electron chi connectivity index (χ2n) is 3.14. The molecule has 0 bridgehead atoms. The average molecular weight is 156 g/mol. The number of piperidine rings is 1. The zero-order valence-corrected chi connectivity index (χ0v) is 6.32. The van der Waals surface area contributed by atoms with Crippen LogP contribution in [0.5, 0.6) is 0 Å². The van der Waals surface area contributed by atoms with Gasteiger partial charge >= 0.3 is 6.09 Å². The van der Waals surface area contributed by atoms with Gasteiger partial charge in [-0.3, -0.25) is 4.90 Å². The molecule has 2 aliphatic heterocycles. The van der Waals surface area contributed by atoms with Crippen molar-refractivity contribution in [2.24, 2.45) is 5.73 Å². The van der Waals surface area contributed by atoms with Crippen molar-refractivity contribution in [2.75, 3.05) is 6.61 Å². The van der Waals surface area contributed by atoms with Gasteiger partial charge in [-0.1, -0.05) is 0 Å². The first-order chi connectivity index (χ1) is 5.29. The topological polar surface area (TPSA) is 55.6 Å². The summed E-state index contributed by atoms with van der Waals surface area (Å²) in [6.45, 7) is 0.534. The molecule has 2 rings (SSSR count). The number of hydrogen-bond donors (Lipinski definition) is 1. The van der Waals surface area contributed by atoms with Gasteiger partial charge in [0, 0.05) is 0 Å². The quantitative estimate of drug-likeness (QED) is 0.548. The Balaban J connectivity index is 2.14. The fourth-order valence-electron chi connectivity index (χ4n) is 1.80. The van der Waals surface area contributed by atoms with Crippen LogP contribution in [0.3, 0.4) is 0 Å². The van der Waals surface area contributed by atoms with Crippen molar-refractivity contribution >= 4 is 6.09 Å². The van der Waals surface area contributed by atoms with Gasteiger partial charge in [0.2, 0.25) is 0 Å². The van der Waals surface area contributed by atoms with Gasteiger partial charge in [-0.2, -0.15) is 0 Å². The van der Waals surface area contributed by atoms with E-state index >= 15 is 0 Å². The van der Waals surface area contributed by atoms with Crippen LogP contribution in [0.4, 0.5) is 4.79 Å². The molecule has 2 fully saturated rings. The molecule has 0 radical (unpaired) electrons. The molecule has 2 saturated heterocycles. The molecule has 11 heavy (non-hydrogen) atoms. The number of carbonyl (C=O) groups excluding carboxylic acids is 1. The van der Waals surface area contributed by atoms with Crippen molar-refractivity contribution < 1.29 is 9.53 Å². The van der Waals surface area contributed by atoms with Gasteiger partial charge in [-0.05, 0) is 19.3 Å². The zero-order chi connectivity index (χ0) is 7.84. The summed E-state index contributed by atoms with van der Waals surface area (Å²) in [6, 6.07) is 0.256. The lowest BCUT2D eigenvalue weighted by Gasteiger charge is -2.32. The highest BCUT2D eigenvalue weighted by atomic mass is 16.6. The second kappa shape index (κ2) is 2.37. The lowest BCUT2D eigenvalue weighted by atomic mass is 10.0. The standard InChI is InChI=1S/C7H12N2O2/c8-6-3-1-2-5-4-11-7(10)9(5)6/h5-6H,1-4,8H2/t5-,6-/m0/s1. The maximum Gasteiger partial charge on any atom is 0.411 e. The summed E-state index contributed by atoms with van der Waals surface area (Å²) >= 11 is 0. The molecule has 0 unspecified atom stereocenters. The maximum absolute atomic E-state index is 11.0. The van der Waals surface area contributed by atoms with Crippen LogP contribution >= 0.6 is 0 Å². The third-order valence-electron chi connectivity index (χ3n) is 2.40. The zero-order valence-electron chi connectivity index (χ0n) is 6.32. The normalized spacial score (nSPS) is 36.8. The summed E-state index contributed by atoms with van der Waals surface area (Å²) in [5.41, 5.74) is 5.74. The van der Waals surface area contributed by atoms with E-state index in [1.165, 1.54) is 0 Å². The summed E-state index contributed by atoms with van der Waals surface area (Å²) in [6.07, 6.45) is 2.72. The number of carbonyl (C=O) groups is 1. The van der Waals surface area contributed by atoms with Gasteiger partial charge in [0.1, 0.15) is 6.61 Å². The van der Waals surface area contributed by atoms with E-state index in [-0.39, 0.29) is 18.3 Å². The Kier molecular flexibility index (Phi) is 1.49. The van der Waals surface area contributed by atoms with Crippen molar-refractivity contribution in [3.05, 3.63) is 0 Å². The van der Waals surface area contributed by atoms with E-state index in [2.05, 4.69) is 0 Å². The van der Waals surface area contributed by atoms with Crippen LogP contribution in [-0.4, -0.2) is 29.8 Å². The minimum atomic E-state index is -0.234. The average Bonchev–Trinajstić information content (AvgIpc) is 2.34. The maximum atomic E-state index is 11.0. The van der Waals surface area contributed by atoms with Crippen molar-refractivity contribution in [1.29, 1.82) is 0 Å². The van der Waals surface area contributed by atoms with E-state index < -0.39 is 0 Å². The van der Waals surface area contributed by atoms with Crippen LogP contribution in [0.25, 0.3) is 0 Å². The number of rotatable bonds is 0. The molecule has 4 nitrogen and oxygen atoms in total. The van der Waals surface area contributed by atoms with Crippen LogP contribution in [0.15, 0.2) is 0 Å². The highest BCUT2D eigenvalue weighted by Crippen LogP contribution is 2.25. The van der Waals surface area contributed by atoms with Crippen molar-refractivity contribution in [1.82, 2.24) is 4.90 Å². The molecule has 2 aliphatic rings. The minimum absolute atomic E-state index is 0.108. The summed E-state index contributed by atoms with van der Waals surface area (Å²) in [4.78, 5) is 12.7. The number of nitrogens with two attached hydrogens (primary N) is 1. The van der Waals surface area contributed by atoms with Gasteiger partial charge < -0.3 is 10.5 Å². The van der Waals surface area contributed by atoms with Gasteiger partial charge in [-0.15, -0.1) is 0 Å². The number of amides is 1. The number of hydrogen-bond acceptors (Lipinski definition) is 3. The highest BCUT2D eigenvalue weighted by Gasteiger charge is 2.38.